The third-order valence-electron chi connectivity index (χ3n) is 3.55. The van der Waals surface area contributed by atoms with Crippen LogP contribution in [0.5, 0.6) is 0 Å². The molecule has 2 heterocycles. The fourth-order valence-electron chi connectivity index (χ4n) is 1.91. The molecule has 0 aliphatic heterocycles. The molecule has 0 spiro atoms. The maximum Gasteiger partial charge on any atom is 0.258 e. The van der Waals surface area contributed by atoms with Gasteiger partial charge in [0.25, 0.3) is 5.56 Å². The lowest BCUT2D eigenvalue weighted by molar-refractivity contribution is -0.119. The number of aromatic nitrogens is 2. The summed E-state index contributed by atoms with van der Waals surface area (Å²) in [6, 6.07) is 5.31. The molecular formula is C16H20BrN3O2S. The zero-order valence-corrected chi connectivity index (χ0v) is 15.8. The predicted molar refractivity (Wildman–Crippen MR) is 97.8 cm³/mol. The van der Waals surface area contributed by atoms with Gasteiger partial charge in [-0.1, -0.05) is 13.8 Å². The first kappa shape index (κ1) is 18.0. The van der Waals surface area contributed by atoms with E-state index in [-0.39, 0.29) is 17.5 Å². The van der Waals surface area contributed by atoms with Crippen LogP contribution in [0.1, 0.15) is 26.5 Å². The van der Waals surface area contributed by atoms with Crippen molar-refractivity contribution in [2.45, 2.75) is 32.6 Å². The second-order valence-electron chi connectivity index (χ2n) is 5.75. The average molecular weight is 398 g/mol. The van der Waals surface area contributed by atoms with Gasteiger partial charge in [-0.2, -0.15) is 0 Å². The Morgan fingerprint density at radius 1 is 1.39 bits per heavy atom. The van der Waals surface area contributed by atoms with Crippen molar-refractivity contribution in [3.05, 3.63) is 44.9 Å². The molecular weight excluding hydrogens is 378 g/mol. The number of fused-ring (bicyclic) bond motifs is 1. The van der Waals surface area contributed by atoms with E-state index in [1.807, 2.05) is 13.0 Å². The molecule has 1 atom stereocenters. The number of carbonyl (C=O) groups is 1. The minimum Gasteiger partial charge on any atom is -0.353 e. The fourth-order valence-corrected chi connectivity index (χ4v) is 2.98. The van der Waals surface area contributed by atoms with Crippen molar-refractivity contribution in [2.24, 2.45) is 5.92 Å². The Kier molecular flexibility index (Phi) is 6.24. The molecule has 0 aliphatic carbocycles. The summed E-state index contributed by atoms with van der Waals surface area (Å²) in [6.45, 7) is 6.14. The molecule has 124 valence electrons. The maximum atomic E-state index is 12.1. The van der Waals surface area contributed by atoms with Crippen molar-refractivity contribution in [3.63, 3.8) is 0 Å². The van der Waals surface area contributed by atoms with Crippen LogP contribution in [-0.4, -0.2) is 27.1 Å². The molecule has 0 bridgehead atoms. The molecule has 0 unspecified atom stereocenters. The Labute approximate surface area is 148 Å². The Bertz CT molecular complexity index is 761. The van der Waals surface area contributed by atoms with E-state index in [4.69, 9.17) is 0 Å². The minimum atomic E-state index is -0.121. The van der Waals surface area contributed by atoms with Gasteiger partial charge >= 0.3 is 0 Å². The number of nitrogens with zero attached hydrogens (tertiary/aromatic N) is 2. The van der Waals surface area contributed by atoms with Gasteiger partial charge in [0, 0.05) is 28.5 Å². The number of hydrogen-bond acceptors (Lipinski definition) is 4. The van der Waals surface area contributed by atoms with Gasteiger partial charge in [-0.05, 0) is 40.9 Å². The summed E-state index contributed by atoms with van der Waals surface area (Å²) in [4.78, 5) is 28.4. The van der Waals surface area contributed by atoms with Gasteiger partial charge in [-0.15, -0.1) is 11.8 Å². The van der Waals surface area contributed by atoms with E-state index in [0.29, 0.717) is 28.8 Å². The SMILES string of the molecule is CC(C)[C@@H](C)NC(=O)CSCc1cc(=O)n2cc(Br)ccc2n1. The quantitative estimate of drug-likeness (QED) is 0.813. The molecule has 2 aromatic rings. The first-order valence-corrected chi connectivity index (χ1v) is 9.36. The molecule has 0 radical (unpaired) electrons. The first-order chi connectivity index (χ1) is 10.9. The smallest absolute Gasteiger partial charge is 0.258 e. The highest BCUT2D eigenvalue weighted by Gasteiger charge is 2.11. The molecule has 0 saturated carbocycles. The van der Waals surface area contributed by atoms with Gasteiger partial charge in [0.15, 0.2) is 0 Å². The van der Waals surface area contributed by atoms with E-state index < -0.39 is 0 Å². The van der Waals surface area contributed by atoms with Crippen molar-refractivity contribution in [1.29, 1.82) is 0 Å². The molecule has 1 amide bonds. The summed E-state index contributed by atoms with van der Waals surface area (Å²) >= 11 is 4.79. The first-order valence-electron chi connectivity index (χ1n) is 7.42. The predicted octanol–water partition coefficient (Wildman–Crippen LogP) is 2.85. The Balaban J connectivity index is 1.96. The Morgan fingerprint density at radius 3 is 2.83 bits per heavy atom. The van der Waals surface area contributed by atoms with Crippen LogP contribution in [0, 0.1) is 5.92 Å². The van der Waals surface area contributed by atoms with E-state index >= 15 is 0 Å². The fraction of sp³-hybridized carbons (Fsp3) is 0.438. The van der Waals surface area contributed by atoms with Gasteiger partial charge in [0.1, 0.15) is 5.65 Å². The molecule has 5 nitrogen and oxygen atoms in total. The van der Waals surface area contributed by atoms with E-state index in [1.54, 1.807) is 12.3 Å². The zero-order chi connectivity index (χ0) is 17.0. The lowest BCUT2D eigenvalue weighted by Crippen LogP contribution is -2.37. The molecule has 2 rings (SSSR count). The number of halogens is 1. The van der Waals surface area contributed by atoms with Crippen molar-refractivity contribution in [3.8, 4) is 0 Å². The van der Waals surface area contributed by atoms with Gasteiger partial charge in [0.2, 0.25) is 5.91 Å². The number of carbonyl (C=O) groups excluding carboxylic acids is 1. The summed E-state index contributed by atoms with van der Waals surface area (Å²) in [6.07, 6.45) is 1.70. The van der Waals surface area contributed by atoms with Crippen molar-refractivity contribution in [2.75, 3.05) is 5.75 Å². The minimum absolute atomic E-state index is 0.0117. The summed E-state index contributed by atoms with van der Waals surface area (Å²) in [5, 5.41) is 2.96. The van der Waals surface area contributed by atoms with E-state index in [2.05, 4.69) is 40.1 Å². The van der Waals surface area contributed by atoms with Crippen LogP contribution in [-0.2, 0) is 10.5 Å². The van der Waals surface area contributed by atoms with Gasteiger partial charge < -0.3 is 5.32 Å². The van der Waals surface area contributed by atoms with E-state index in [9.17, 15) is 9.59 Å². The molecule has 0 aromatic carbocycles. The number of rotatable bonds is 6. The van der Waals surface area contributed by atoms with Crippen LogP contribution >= 0.6 is 27.7 Å². The number of pyridine rings is 1. The van der Waals surface area contributed by atoms with Crippen molar-refractivity contribution >= 4 is 39.2 Å². The normalized spacial score (nSPS) is 12.6. The third kappa shape index (κ3) is 5.07. The largest absolute Gasteiger partial charge is 0.353 e. The van der Waals surface area contributed by atoms with E-state index in [1.165, 1.54) is 22.2 Å². The summed E-state index contributed by atoms with van der Waals surface area (Å²) in [5.74, 6) is 1.31. The highest BCUT2D eigenvalue weighted by Crippen LogP contribution is 2.12. The number of amides is 1. The highest BCUT2D eigenvalue weighted by atomic mass is 79.9. The second-order valence-corrected chi connectivity index (χ2v) is 7.66. The molecule has 0 saturated heterocycles. The topological polar surface area (TPSA) is 63.5 Å². The lowest BCUT2D eigenvalue weighted by atomic mass is 10.1. The molecule has 23 heavy (non-hydrogen) atoms. The Morgan fingerprint density at radius 2 is 2.13 bits per heavy atom. The van der Waals surface area contributed by atoms with Crippen LogP contribution in [0.4, 0.5) is 0 Å². The van der Waals surface area contributed by atoms with Crippen LogP contribution in [0.25, 0.3) is 5.65 Å². The molecule has 7 heteroatoms. The summed E-state index contributed by atoms with van der Waals surface area (Å²) < 4.78 is 2.32. The van der Waals surface area contributed by atoms with Crippen molar-refractivity contribution < 1.29 is 4.79 Å². The number of hydrogen-bond donors (Lipinski definition) is 1. The second kappa shape index (κ2) is 7.97. The van der Waals surface area contributed by atoms with Crippen LogP contribution in [0.2, 0.25) is 0 Å². The van der Waals surface area contributed by atoms with Crippen LogP contribution in [0.15, 0.2) is 33.7 Å². The molecule has 2 aromatic heterocycles. The average Bonchev–Trinajstić information content (AvgIpc) is 2.48. The van der Waals surface area contributed by atoms with Gasteiger partial charge in [0.05, 0.1) is 11.4 Å². The standard InChI is InChI=1S/C16H20BrN3O2S/c1-10(2)11(3)18-15(21)9-23-8-13-6-16(22)20-7-12(17)4-5-14(20)19-13/h4-7,10-11H,8-9H2,1-3H3,(H,18,21)/t11-/m1/s1. The van der Waals surface area contributed by atoms with Crippen LogP contribution in [0.3, 0.4) is 0 Å². The summed E-state index contributed by atoms with van der Waals surface area (Å²) in [7, 11) is 0. The van der Waals surface area contributed by atoms with Crippen LogP contribution < -0.4 is 10.9 Å². The van der Waals surface area contributed by atoms with Gasteiger partial charge in [-0.25, -0.2) is 4.98 Å². The zero-order valence-electron chi connectivity index (χ0n) is 13.4. The van der Waals surface area contributed by atoms with Gasteiger partial charge in [-0.3, -0.25) is 14.0 Å². The molecule has 0 fully saturated rings. The third-order valence-corrected chi connectivity index (χ3v) is 4.98. The maximum absolute atomic E-state index is 12.1. The molecule has 1 N–H and O–H groups in total. The Hall–Kier alpha value is -1.34. The highest BCUT2D eigenvalue weighted by molar-refractivity contribution is 9.10. The lowest BCUT2D eigenvalue weighted by Gasteiger charge is -2.17. The molecule has 0 aliphatic rings. The van der Waals surface area contributed by atoms with E-state index in [0.717, 1.165) is 4.47 Å². The summed E-state index contributed by atoms with van der Waals surface area (Å²) in [5.41, 5.74) is 1.17. The van der Waals surface area contributed by atoms with Crippen molar-refractivity contribution in [1.82, 2.24) is 14.7 Å². The number of nitrogens with one attached hydrogen (secondary N) is 1. The number of thioether (sulfide) groups is 1. The monoisotopic (exact) mass is 397 g/mol.